The van der Waals surface area contributed by atoms with Crippen LogP contribution in [0.25, 0.3) is 0 Å². The summed E-state index contributed by atoms with van der Waals surface area (Å²) in [5.74, 6) is 0. The Labute approximate surface area is 82.7 Å². The second kappa shape index (κ2) is 4.97. The lowest BCUT2D eigenvalue weighted by Crippen LogP contribution is -2.59. The first-order chi connectivity index (χ1) is 6.26. The zero-order valence-corrected chi connectivity index (χ0v) is 9.40. The zero-order valence-electron chi connectivity index (χ0n) is 9.40. The quantitative estimate of drug-likeness (QED) is 0.717. The van der Waals surface area contributed by atoms with Gasteiger partial charge in [-0.15, -0.1) is 0 Å². The van der Waals surface area contributed by atoms with Crippen LogP contribution >= 0.6 is 0 Å². The molecule has 0 aromatic carbocycles. The first-order valence-corrected chi connectivity index (χ1v) is 5.73. The Balaban J connectivity index is 2.48. The van der Waals surface area contributed by atoms with Crippen molar-refractivity contribution in [1.82, 2.24) is 10.2 Å². The number of nitrogens with one attached hydrogen (secondary N) is 1. The SMILES string of the molecule is CCCN1CCNC(CC)(CC)C1. The molecule has 0 aliphatic carbocycles. The highest BCUT2D eigenvalue weighted by molar-refractivity contribution is 4.92. The van der Waals surface area contributed by atoms with Crippen LogP contribution in [0.1, 0.15) is 40.0 Å². The maximum Gasteiger partial charge on any atom is 0.0304 e. The Morgan fingerprint density at radius 1 is 1.23 bits per heavy atom. The fourth-order valence-electron chi connectivity index (χ4n) is 2.27. The molecule has 1 heterocycles. The van der Waals surface area contributed by atoms with Gasteiger partial charge in [-0.1, -0.05) is 20.8 Å². The van der Waals surface area contributed by atoms with Gasteiger partial charge in [-0.2, -0.15) is 0 Å². The summed E-state index contributed by atoms with van der Waals surface area (Å²) in [6.45, 7) is 11.8. The molecule has 1 aliphatic rings. The van der Waals surface area contributed by atoms with Crippen molar-refractivity contribution in [2.75, 3.05) is 26.2 Å². The van der Waals surface area contributed by atoms with Gasteiger partial charge >= 0.3 is 0 Å². The van der Waals surface area contributed by atoms with Gasteiger partial charge in [0.25, 0.3) is 0 Å². The van der Waals surface area contributed by atoms with Crippen LogP contribution in [-0.2, 0) is 0 Å². The van der Waals surface area contributed by atoms with Crippen LogP contribution < -0.4 is 5.32 Å². The molecule has 0 aromatic heterocycles. The molecule has 0 unspecified atom stereocenters. The van der Waals surface area contributed by atoms with E-state index in [-0.39, 0.29) is 0 Å². The molecule has 13 heavy (non-hydrogen) atoms. The summed E-state index contributed by atoms with van der Waals surface area (Å²) in [7, 11) is 0. The molecule has 1 saturated heterocycles. The van der Waals surface area contributed by atoms with Crippen LogP contribution in [0, 0.1) is 0 Å². The van der Waals surface area contributed by atoms with Crippen LogP contribution in [0.3, 0.4) is 0 Å². The van der Waals surface area contributed by atoms with Crippen molar-refractivity contribution in [3.05, 3.63) is 0 Å². The number of nitrogens with zero attached hydrogens (tertiary/aromatic N) is 1. The Bertz CT molecular complexity index is 139. The molecule has 78 valence electrons. The molecule has 1 N–H and O–H groups in total. The van der Waals surface area contributed by atoms with Gasteiger partial charge in [0, 0.05) is 25.2 Å². The minimum absolute atomic E-state index is 0.410. The highest BCUT2D eigenvalue weighted by atomic mass is 15.2. The van der Waals surface area contributed by atoms with Crippen molar-refractivity contribution in [3.8, 4) is 0 Å². The highest BCUT2D eigenvalue weighted by Gasteiger charge is 2.30. The Hall–Kier alpha value is -0.0800. The molecule has 2 nitrogen and oxygen atoms in total. The van der Waals surface area contributed by atoms with Gasteiger partial charge in [-0.3, -0.25) is 0 Å². The van der Waals surface area contributed by atoms with Gasteiger partial charge in [-0.25, -0.2) is 0 Å². The molecular weight excluding hydrogens is 160 g/mol. The molecule has 2 heteroatoms. The van der Waals surface area contributed by atoms with Crippen molar-refractivity contribution < 1.29 is 0 Å². The van der Waals surface area contributed by atoms with Crippen LogP contribution in [0.15, 0.2) is 0 Å². The minimum atomic E-state index is 0.410. The number of hydrogen-bond donors (Lipinski definition) is 1. The maximum atomic E-state index is 3.68. The molecular formula is C11H24N2. The van der Waals surface area contributed by atoms with E-state index in [4.69, 9.17) is 0 Å². The van der Waals surface area contributed by atoms with Crippen molar-refractivity contribution in [2.24, 2.45) is 0 Å². The first-order valence-electron chi connectivity index (χ1n) is 5.73. The zero-order chi connectivity index (χ0) is 9.73. The molecule has 0 amide bonds. The number of piperazine rings is 1. The third kappa shape index (κ3) is 2.68. The summed E-state index contributed by atoms with van der Waals surface area (Å²) in [5.41, 5.74) is 0.410. The van der Waals surface area contributed by atoms with E-state index in [0.717, 1.165) is 0 Å². The normalized spacial score (nSPS) is 23.3. The maximum absolute atomic E-state index is 3.68. The molecule has 0 bridgehead atoms. The number of hydrogen-bond acceptors (Lipinski definition) is 2. The van der Waals surface area contributed by atoms with Crippen molar-refractivity contribution in [3.63, 3.8) is 0 Å². The van der Waals surface area contributed by atoms with E-state index >= 15 is 0 Å². The van der Waals surface area contributed by atoms with Gasteiger partial charge in [0.2, 0.25) is 0 Å². The summed E-state index contributed by atoms with van der Waals surface area (Å²) >= 11 is 0. The number of rotatable bonds is 4. The van der Waals surface area contributed by atoms with E-state index < -0.39 is 0 Å². The van der Waals surface area contributed by atoms with Crippen LogP contribution in [0.2, 0.25) is 0 Å². The van der Waals surface area contributed by atoms with Crippen LogP contribution in [-0.4, -0.2) is 36.6 Å². The summed E-state index contributed by atoms with van der Waals surface area (Å²) < 4.78 is 0. The van der Waals surface area contributed by atoms with Crippen molar-refractivity contribution >= 4 is 0 Å². The predicted octanol–water partition coefficient (Wildman–Crippen LogP) is 1.86. The van der Waals surface area contributed by atoms with Gasteiger partial charge in [0.15, 0.2) is 0 Å². The van der Waals surface area contributed by atoms with Crippen molar-refractivity contribution in [2.45, 2.75) is 45.6 Å². The summed E-state index contributed by atoms with van der Waals surface area (Å²) in [6.07, 6.45) is 3.79. The minimum Gasteiger partial charge on any atom is -0.309 e. The van der Waals surface area contributed by atoms with Gasteiger partial charge < -0.3 is 10.2 Å². The average Bonchev–Trinajstić information content (AvgIpc) is 2.19. The molecule has 0 radical (unpaired) electrons. The van der Waals surface area contributed by atoms with Crippen LogP contribution in [0.4, 0.5) is 0 Å². The lowest BCUT2D eigenvalue weighted by Gasteiger charge is -2.43. The van der Waals surface area contributed by atoms with E-state index in [0.29, 0.717) is 5.54 Å². The molecule has 1 fully saturated rings. The van der Waals surface area contributed by atoms with E-state index in [1.165, 1.54) is 45.4 Å². The van der Waals surface area contributed by atoms with Gasteiger partial charge in [0.1, 0.15) is 0 Å². The molecule has 1 rings (SSSR count). The van der Waals surface area contributed by atoms with Gasteiger partial charge in [-0.05, 0) is 25.8 Å². The van der Waals surface area contributed by atoms with Gasteiger partial charge in [0.05, 0.1) is 0 Å². The topological polar surface area (TPSA) is 15.3 Å². The third-order valence-electron chi connectivity index (χ3n) is 3.35. The summed E-state index contributed by atoms with van der Waals surface area (Å²) in [5, 5.41) is 3.68. The second-order valence-electron chi connectivity index (χ2n) is 4.19. The Morgan fingerprint density at radius 2 is 1.92 bits per heavy atom. The predicted molar refractivity (Wildman–Crippen MR) is 58.0 cm³/mol. The van der Waals surface area contributed by atoms with E-state index in [1.54, 1.807) is 0 Å². The fourth-order valence-corrected chi connectivity index (χ4v) is 2.27. The first kappa shape index (κ1) is 11.0. The smallest absolute Gasteiger partial charge is 0.0304 e. The van der Waals surface area contributed by atoms with Crippen LogP contribution in [0.5, 0.6) is 0 Å². The third-order valence-corrected chi connectivity index (χ3v) is 3.35. The summed E-state index contributed by atoms with van der Waals surface area (Å²) in [6, 6.07) is 0. The largest absolute Gasteiger partial charge is 0.309 e. The molecule has 0 saturated carbocycles. The molecule has 0 spiro atoms. The Kier molecular flexibility index (Phi) is 4.20. The average molecular weight is 184 g/mol. The van der Waals surface area contributed by atoms with E-state index in [2.05, 4.69) is 31.0 Å². The molecule has 0 atom stereocenters. The lowest BCUT2D eigenvalue weighted by molar-refractivity contribution is 0.124. The lowest BCUT2D eigenvalue weighted by atomic mass is 9.90. The Morgan fingerprint density at radius 3 is 2.46 bits per heavy atom. The standard InChI is InChI=1S/C11H24N2/c1-4-8-13-9-7-12-11(5-2,6-3)10-13/h12H,4-10H2,1-3H3. The molecule has 1 aliphatic heterocycles. The summed E-state index contributed by atoms with van der Waals surface area (Å²) in [4.78, 5) is 2.60. The monoisotopic (exact) mass is 184 g/mol. The fraction of sp³-hybridized carbons (Fsp3) is 1.00. The highest BCUT2D eigenvalue weighted by Crippen LogP contribution is 2.19. The second-order valence-corrected chi connectivity index (χ2v) is 4.19. The van der Waals surface area contributed by atoms with Crippen molar-refractivity contribution in [1.29, 1.82) is 0 Å². The van der Waals surface area contributed by atoms with E-state index in [1.807, 2.05) is 0 Å². The van der Waals surface area contributed by atoms with E-state index in [9.17, 15) is 0 Å². The molecule has 0 aromatic rings.